The Balaban J connectivity index is 1.14. The van der Waals surface area contributed by atoms with Crippen molar-refractivity contribution in [2.45, 2.75) is 5.41 Å². The topological polar surface area (TPSA) is 6.48 Å². The highest BCUT2D eigenvalue weighted by molar-refractivity contribution is 6.12. The van der Waals surface area contributed by atoms with E-state index in [1.54, 1.807) is 12.1 Å². The van der Waals surface area contributed by atoms with Gasteiger partial charge in [0.2, 0.25) is 0 Å². The second-order valence-electron chi connectivity index (χ2n) is 17.1. The Morgan fingerprint density at radius 1 is 0.292 bits per heavy atom. The van der Waals surface area contributed by atoms with Crippen LogP contribution in [0.15, 0.2) is 231 Å². The molecule has 2 aliphatic rings. The van der Waals surface area contributed by atoms with Crippen LogP contribution in [0.4, 0.5) is 42.9 Å². The third-order valence-electron chi connectivity index (χ3n) is 13.7. The lowest BCUT2D eigenvalue weighted by atomic mass is 9.70. The Morgan fingerprint density at radius 3 is 1.37 bits per heavy atom. The molecule has 306 valence electrons. The lowest BCUT2D eigenvalue weighted by Crippen LogP contribution is -2.26. The molecule has 2 nitrogen and oxygen atoms in total. The Labute approximate surface area is 375 Å². The van der Waals surface area contributed by atoms with Gasteiger partial charge >= 0.3 is 0 Å². The number of nitrogens with zero attached hydrogens (tertiary/aromatic N) is 2. The smallest absolute Gasteiger partial charge is 0.147 e. The zero-order valence-corrected chi connectivity index (χ0v) is 35.1. The highest BCUT2D eigenvalue weighted by Gasteiger charge is 2.52. The standard InChI is InChI=1S/C61H38F2N2/c62-55-25-11-13-27-57(55)64(43-31-29-39-15-1-3-17-41(39)35-43)45-33-34-50-53(37-45)61(51-23-9-7-19-46(51)47-20-8-10-24-52(47)61)54-38-59(48-21-5-6-22-49(48)60(50)54)65(58-28-14-12-26-56(58)63)44-32-30-40-16-2-4-18-42(40)36-44/h1-38H. The Morgan fingerprint density at radius 2 is 0.754 bits per heavy atom. The van der Waals surface area contributed by atoms with Gasteiger partial charge in [-0.05, 0) is 138 Å². The first-order chi connectivity index (χ1) is 32.1. The minimum atomic E-state index is -0.790. The number of para-hydroxylation sites is 2. The van der Waals surface area contributed by atoms with Gasteiger partial charge in [-0.1, -0.05) is 164 Å². The van der Waals surface area contributed by atoms with Crippen LogP contribution in [0.25, 0.3) is 54.6 Å². The van der Waals surface area contributed by atoms with Crippen molar-refractivity contribution in [2.24, 2.45) is 0 Å². The van der Waals surface area contributed by atoms with E-state index in [4.69, 9.17) is 0 Å². The molecule has 0 amide bonds. The van der Waals surface area contributed by atoms with E-state index in [0.717, 1.165) is 77.3 Å². The average molecular weight is 837 g/mol. The van der Waals surface area contributed by atoms with Crippen molar-refractivity contribution in [1.29, 1.82) is 0 Å². The fraction of sp³-hybridized carbons (Fsp3) is 0.0164. The molecule has 0 radical (unpaired) electrons. The monoisotopic (exact) mass is 836 g/mol. The Bertz CT molecular complexity index is 3690. The number of fused-ring (bicyclic) bond motifs is 14. The fourth-order valence-corrected chi connectivity index (χ4v) is 11.0. The average Bonchev–Trinajstić information content (AvgIpc) is 3.82. The molecule has 0 heterocycles. The fourth-order valence-electron chi connectivity index (χ4n) is 11.0. The van der Waals surface area contributed by atoms with Crippen molar-refractivity contribution in [3.63, 3.8) is 0 Å². The summed E-state index contributed by atoms with van der Waals surface area (Å²) in [5.41, 5.74) is 12.7. The van der Waals surface area contributed by atoms with E-state index in [9.17, 15) is 0 Å². The minimum Gasteiger partial charge on any atom is -0.308 e. The molecule has 0 saturated heterocycles. The van der Waals surface area contributed by atoms with Gasteiger partial charge in [0, 0.05) is 22.4 Å². The summed E-state index contributed by atoms with van der Waals surface area (Å²) >= 11 is 0. The SMILES string of the molecule is Fc1ccccc1N(c1ccc2c(c1)C1(c3ccccc3-c3ccccc31)c1cc(N(c3ccc4ccccc4c3)c3ccccc3F)c3ccccc3c1-2)c1ccc2ccccc2c1. The molecular weight excluding hydrogens is 799 g/mol. The molecular formula is C61H38F2N2. The van der Waals surface area contributed by atoms with Gasteiger partial charge in [0.05, 0.1) is 22.5 Å². The number of halogens is 2. The number of hydrogen-bond acceptors (Lipinski definition) is 2. The molecule has 11 aromatic rings. The summed E-state index contributed by atoms with van der Waals surface area (Å²) in [6.45, 7) is 0. The van der Waals surface area contributed by atoms with E-state index < -0.39 is 5.41 Å². The van der Waals surface area contributed by atoms with Crippen molar-refractivity contribution >= 4 is 66.4 Å². The van der Waals surface area contributed by atoms with Crippen LogP contribution in [0.1, 0.15) is 22.3 Å². The van der Waals surface area contributed by atoms with Gasteiger partial charge in [0.25, 0.3) is 0 Å². The summed E-state index contributed by atoms with van der Waals surface area (Å²) < 4.78 is 32.9. The van der Waals surface area contributed by atoms with Gasteiger partial charge in [-0.15, -0.1) is 0 Å². The summed E-state index contributed by atoms with van der Waals surface area (Å²) in [7, 11) is 0. The maximum Gasteiger partial charge on any atom is 0.147 e. The van der Waals surface area contributed by atoms with E-state index in [2.05, 4.69) is 168 Å². The van der Waals surface area contributed by atoms with Gasteiger partial charge in [-0.3, -0.25) is 0 Å². The molecule has 13 rings (SSSR count). The largest absolute Gasteiger partial charge is 0.308 e. The predicted molar refractivity (Wildman–Crippen MR) is 265 cm³/mol. The number of hydrogen-bond donors (Lipinski definition) is 0. The molecule has 0 aliphatic heterocycles. The molecule has 0 N–H and O–H groups in total. The van der Waals surface area contributed by atoms with Crippen LogP contribution in [0.5, 0.6) is 0 Å². The van der Waals surface area contributed by atoms with E-state index in [0.29, 0.717) is 11.4 Å². The highest BCUT2D eigenvalue weighted by atomic mass is 19.1. The molecule has 1 spiro atoms. The van der Waals surface area contributed by atoms with Crippen LogP contribution in [0.3, 0.4) is 0 Å². The third kappa shape index (κ3) is 5.44. The second-order valence-corrected chi connectivity index (χ2v) is 17.1. The first-order valence-corrected chi connectivity index (χ1v) is 22.1. The highest BCUT2D eigenvalue weighted by Crippen LogP contribution is 2.65. The van der Waals surface area contributed by atoms with Crippen molar-refractivity contribution in [3.05, 3.63) is 264 Å². The van der Waals surface area contributed by atoms with Gasteiger partial charge in [-0.2, -0.15) is 0 Å². The van der Waals surface area contributed by atoms with Crippen molar-refractivity contribution < 1.29 is 8.78 Å². The van der Waals surface area contributed by atoms with Gasteiger partial charge in [-0.25, -0.2) is 8.78 Å². The lowest BCUT2D eigenvalue weighted by molar-refractivity contribution is 0.628. The summed E-state index contributed by atoms with van der Waals surface area (Å²) in [5.74, 6) is -0.625. The number of rotatable bonds is 6. The predicted octanol–water partition coefficient (Wildman–Crippen LogP) is 16.7. The molecule has 0 atom stereocenters. The van der Waals surface area contributed by atoms with Gasteiger partial charge in [0.1, 0.15) is 11.6 Å². The Kier molecular flexibility index (Phi) is 8.22. The number of anilines is 6. The number of benzene rings is 11. The van der Waals surface area contributed by atoms with Crippen LogP contribution in [-0.4, -0.2) is 0 Å². The third-order valence-corrected chi connectivity index (χ3v) is 13.7. The first kappa shape index (κ1) is 37.2. The van der Waals surface area contributed by atoms with Crippen molar-refractivity contribution in [3.8, 4) is 22.3 Å². The van der Waals surface area contributed by atoms with E-state index in [1.165, 1.54) is 34.4 Å². The Hall–Kier alpha value is -8.34. The van der Waals surface area contributed by atoms with Gasteiger partial charge in [0.15, 0.2) is 0 Å². The van der Waals surface area contributed by atoms with Crippen LogP contribution in [0.2, 0.25) is 0 Å². The summed E-state index contributed by atoms with van der Waals surface area (Å²) in [5, 5.41) is 6.43. The zero-order valence-electron chi connectivity index (χ0n) is 35.1. The molecule has 0 saturated carbocycles. The van der Waals surface area contributed by atoms with Crippen molar-refractivity contribution in [2.75, 3.05) is 9.80 Å². The molecule has 0 fully saturated rings. The molecule has 65 heavy (non-hydrogen) atoms. The van der Waals surface area contributed by atoms with Crippen LogP contribution >= 0.6 is 0 Å². The minimum absolute atomic E-state index is 0.312. The summed E-state index contributed by atoms with van der Waals surface area (Å²) in [4.78, 5) is 4.15. The lowest BCUT2D eigenvalue weighted by Gasteiger charge is -2.34. The maximum atomic E-state index is 16.5. The second kappa shape index (κ2) is 14.3. The van der Waals surface area contributed by atoms with E-state index >= 15 is 8.78 Å². The molecule has 4 heteroatoms. The summed E-state index contributed by atoms with van der Waals surface area (Å²) in [6, 6.07) is 78.4. The summed E-state index contributed by atoms with van der Waals surface area (Å²) in [6.07, 6.45) is 0. The quantitative estimate of drug-likeness (QED) is 0.165. The maximum absolute atomic E-state index is 16.5. The van der Waals surface area contributed by atoms with Crippen molar-refractivity contribution in [1.82, 2.24) is 0 Å². The zero-order chi connectivity index (χ0) is 43.2. The molecule has 2 aliphatic carbocycles. The molecule has 0 unspecified atom stereocenters. The van der Waals surface area contributed by atoms with Crippen LogP contribution < -0.4 is 9.80 Å². The first-order valence-electron chi connectivity index (χ1n) is 22.1. The van der Waals surface area contributed by atoms with Crippen LogP contribution in [0, 0.1) is 11.6 Å². The normalized spacial score (nSPS) is 12.9. The molecule has 0 aromatic heterocycles. The van der Waals surface area contributed by atoms with Crippen LogP contribution in [-0.2, 0) is 5.41 Å². The molecule has 11 aromatic carbocycles. The van der Waals surface area contributed by atoms with E-state index in [1.807, 2.05) is 48.5 Å². The molecule has 0 bridgehead atoms. The van der Waals surface area contributed by atoms with E-state index in [-0.39, 0.29) is 11.6 Å². The van der Waals surface area contributed by atoms with Gasteiger partial charge < -0.3 is 9.80 Å².